The summed E-state index contributed by atoms with van der Waals surface area (Å²) in [5, 5.41) is 23.4. The number of hydrogen-bond acceptors (Lipinski definition) is 17. The Bertz CT molecular complexity index is 1420. The molecule has 0 aromatic heterocycles. The first-order valence-electron chi connectivity index (χ1n) is 19.9. The summed E-state index contributed by atoms with van der Waals surface area (Å²) in [6.45, 7) is 11.2. The molecule has 2 N–H and O–H groups in total. The number of aliphatic hydroxyl groups excluding tert-OH is 1. The van der Waals surface area contributed by atoms with E-state index in [1.54, 1.807) is 66.6 Å². The van der Waals surface area contributed by atoms with E-state index in [1.165, 1.54) is 20.1 Å². The number of fused-ring (bicyclic) bond motifs is 1. The number of hydrogen-bond donors (Lipinski definition) is 2. The number of allylic oxidation sites excluding steroid dienone is 1. The van der Waals surface area contributed by atoms with Crippen molar-refractivity contribution in [3.8, 4) is 0 Å². The minimum atomic E-state index is -1.50. The number of likely N-dealkylation sites (N-methyl/N-ethyl adjacent to an activating group) is 1. The summed E-state index contributed by atoms with van der Waals surface area (Å²) in [6.07, 6.45) is -8.00. The van der Waals surface area contributed by atoms with Crippen molar-refractivity contribution in [3.63, 3.8) is 0 Å². The Balaban J connectivity index is 1.66. The molecule has 3 saturated heterocycles. The lowest BCUT2D eigenvalue weighted by atomic mass is 9.83. The molecule has 0 aromatic carbocycles. The molecule has 4 aliphatic heterocycles. The van der Waals surface area contributed by atoms with Gasteiger partial charge in [0.2, 0.25) is 0 Å². The Morgan fingerprint density at radius 1 is 1.00 bits per heavy atom. The molecular weight excluding hydrogens is 750 g/mol. The number of aldehydes is 1. The SMILES string of the molecule is CCC(=O)O[C@H]1[C@H](C)O[C@@H](O[C@H]2[C@H](N(C)C)[C@@H](O)[C@H](O[C@H]3[C@@H](CC=O)C[C@@H](C)C(=O)/C=C/[C@@H]4O[C@H]4C[C@@H](C)OC(=O)C[C@@H](OC(C)=O)[C@@H]3OC)O[C@@H]2C)C[C@@]1(C)O. The van der Waals surface area contributed by atoms with Crippen LogP contribution < -0.4 is 0 Å². The first-order chi connectivity index (χ1) is 26.8. The second-order valence-corrected chi connectivity index (χ2v) is 16.2. The van der Waals surface area contributed by atoms with Crippen LogP contribution in [0.5, 0.6) is 0 Å². The fourth-order valence-corrected chi connectivity index (χ4v) is 8.21. The van der Waals surface area contributed by atoms with E-state index in [0.29, 0.717) is 12.7 Å². The summed E-state index contributed by atoms with van der Waals surface area (Å²) >= 11 is 0. The number of aliphatic hydroxyl groups is 2. The van der Waals surface area contributed by atoms with Gasteiger partial charge < -0.3 is 62.5 Å². The van der Waals surface area contributed by atoms with Gasteiger partial charge in [-0.25, -0.2) is 0 Å². The largest absolute Gasteiger partial charge is 0.462 e. The van der Waals surface area contributed by atoms with E-state index in [9.17, 15) is 34.2 Å². The summed E-state index contributed by atoms with van der Waals surface area (Å²) in [7, 11) is 4.81. The molecule has 0 radical (unpaired) electrons. The highest BCUT2D eigenvalue weighted by atomic mass is 16.7. The number of ketones is 1. The Labute approximate surface area is 334 Å². The van der Waals surface area contributed by atoms with Crippen LogP contribution in [0.15, 0.2) is 12.2 Å². The normalized spacial score (nSPS) is 42.7. The number of carbonyl (C=O) groups is 5. The Morgan fingerprint density at radius 2 is 1.70 bits per heavy atom. The van der Waals surface area contributed by atoms with Gasteiger partial charge in [0, 0.05) is 45.6 Å². The minimum Gasteiger partial charge on any atom is -0.462 e. The van der Waals surface area contributed by atoms with E-state index in [1.807, 2.05) is 0 Å². The zero-order valence-corrected chi connectivity index (χ0v) is 34.8. The molecule has 17 heteroatoms. The number of esters is 3. The number of methoxy groups -OCH3 is 1. The number of carbonyl (C=O) groups excluding carboxylic acids is 5. The zero-order valence-electron chi connectivity index (χ0n) is 34.8. The van der Waals surface area contributed by atoms with E-state index in [2.05, 4.69) is 0 Å². The van der Waals surface area contributed by atoms with E-state index in [0.717, 1.165) is 0 Å². The molecule has 0 spiro atoms. The van der Waals surface area contributed by atoms with Crippen LogP contribution in [0.4, 0.5) is 0 Å². The lowest BCUT2D eigenvalue weighted by molar-refractivity contribution is -0.344. The van der Waals surface area contributed by atoms with Crippen LogP contribution in [0.1, 0.15) is 87.0 Å². The highest BCUT2D eigenvalue weighted by Gasteiger charge is 2.53. The highest BCUT2D eigenvalue weighted by molar-refractivity contribution is 5.91. The van der Waals surface area contributed by atoms with Gasteiger partial charge in [0.15, 0.2) is 24.5 Å². The third-order valence-electron chi connectivity index (χ3n) is 11.1. The zero-order chi connectivity index (χ0) is 42.4. The van der Waals surface area contributed by atoms with Crippen molar-refractivity contribution < 1.29 is 76.8 Å². The number of epoxide rings is 1. The molecule has 0 unspecified atom stereocenters. The molecule has 17 nitrogen and oxygen atoms in total. The second-order valence-electron chi connectivity index (χ2n) is 16.2. The molecule has 57 heavy (non-hydrogen) atoms. The van der Waals surface area contributed by atoms with Crippen LogP contribution in [0.3, 0.4) is 0 Å². The van der Waals surface area contributed by atoms with Crippen molar-refractivity contribution >= 4 is 30.0 Å². The van der Waals surface area contributed by atoms with Gasteiger partial charge in [0.05, 0.1) is 36.9 Å². The fraction of sp³-hybridized carbons (Fsp3) is 0.825. The molecule has 17 atom stereocenters. The molecule has 0 bridgehead atoms. The van der Waals surface area contributed by atoms with Crippen molar-refractivity contribution in [2.24, 2.45) is 11.8 Å². The first kappa shape index (κ1) is 46.8. The molecule has 324 valence electrons. The summed E-state index contributed by atoms with van der Waals surface area (Å²) in [5.74, 6) is -3.45. The predicted molar refractivity (Wildman–Crippen MR) is 199 cm³/mol. The number of ether oxygens (including phenoxy) is 9. The summed E-state index contributed by atoms with van der Waals surface area (Å²) < 4.78 is 53.9. The summed E-state index contributed by atoms with van der Waals surface area (Å²) in [4.78, 5) is 65.2. The molecule has 4 heterocycles. The quantitative estimate of drug-likeness (QED) is 0.132. The standard InChI is InChI=1S/C40H63NO16/c1-11-30(45)55-38-23(5)51-32(19-40(38,7)48)56-35-22(4)52-39(34(47)33(35)41(8)9)57-36-25(14-15-42)16-20(2)26(44)12-13-27-28(54-27)17-21(3)50-31(46)18-29(37(36)49-10)53-24(6)43/h12-13,15,20-23,25,27-29,32-39,47-48H,11,14,16-19H2,1-10H3/b13-12+/t20-,21-,22-,23+,25+,27+,28+,29-,32+,33-,34-,35-,36+,37+,38+,39+,40-/m1/s1. The van der Waals surface area contributed by atoms with Gasteiger partial charge in [-0.1, -0.05) is 13.8 Å². The monoisotopic (exact) mass is 813 g/mol. The summed E-state index contributed by atoms with van der Waals surface area (Å²) in [5.41, 5.74) is -1.50. The van der Waals surface area contributed by atoms with Gasteiger partial charge in [-0.15, -0.1) is 0 Å². The van der Waals surface area contributed by atoms with Crippen molar-refractivity contribution in [1.29, 1.82) is 0 Å². The van der Waals surface area contributed by atoms with Gasteiger partial charge in [0.25, 0.3) is 0 Å². The highest BCUT2D eigenvalue weighted by Crippen LogP contribution is 2.38. The predicted octanol–water partition coefficient (Wildman–Crippen LogP) is 1.80. The van der Waals surface area contributed by atoms with Crippen molar-refractivity contribution in [3.05, 3.63) is 12.2 Å². The van der Waals surface area contributed by atoms with E-state index in [4.69, 9.17) is 42.6 Å². The van der Waals surface area contributed by atoms with Gasteiger partial charge >= 0.3 is 17.9 Å². The fourth-order valence-electron chi connectivity index (χ4n) is 8.21. The van der Waals surface area contributed by atoms with Crippen LogP contribution in [0.25, 0.3) is 0 Å². The Morgan fingerprint density at radius 3 is 2.30 bits per heavy atom. The first-order valence-corrected chi connectivity index (χ1v) is 19.9. The minimum absolute atomic E-state index is 0.0531. The van der Waals surface area contributed by atoms with Crippen LogP contribution >= 0.6 is 0 Å². The molecule has 0 aromatic rings. The number of rotatable bonds is 11. The molecule has 4 aliphatic rings. The van der Waals surface area contributed by atoms with E-state index in [-0.39, 0.29) is 43.7 Å². The molecule has 0 amide bonds. The maximum Gasteiger partial charge on any atom is 0.309 e. The van der Waals surface area contributed by atoms with Crippen molar-refractivity contribution in [2.75, 3.05) is 21.2 Å². The maximum absolute atomic E-state index is 13.4. The average molecular weight is 814 g/mol. The second kappa shape index (κ2) is 20.4. The van der Waals surface area contributed by atoms with Gasteiger partial charge in [0.1, 0.15) is 48.5 Å². The lowest BCUT2D eigenvalue weighted by Gasteiger charge is -2.50. The smallest absolute Gasteiger partial charge is 0.309 e. The maximum atomic E-state index is 13.4. The third-order valence-corrected chi connectivity index (χ3v) is 11.1. The number of cyclic esters (lactones) is 1. The molecule has 3 fully saturated rings. The van der Waals surface area contributed by atoms with Crippen LogP contribution in [0.2, 0.25) is 0 Å². The topological polar surface area (TPSA) is 215 Å². The molecule has 0 aliphatic carbocycles. The average Bonchev–Trinajstić information content (AvgIpc) is 3.86. The molecular formula is C40H63NO16. The van der Waals surface area contributed by atoms with Gasteiger partial charge in [-0.3, -0.25) is 19.2 Å². The van der Waals surface area contributed by atoms with Crippen LogP contribution in [-0.2, 0) is 66.6 Å². The third kappa shape index (κ3) is 12.3. The molecule has 0 saturated carbocycles. The van der Waals surface area contributed by atoms with Crippen molar-refractivity contribution in [1.82, 2.24) is 4.90 Å². The summed E-state index contributed by atoms with van der Waals surface area (Å²) in [6, 6.07) is -0.796. The van der Waals surface area contributed by atoms with Crippen LogP contribution in [0, 0.1) is 11.8 Å². The Kier molecular flexibility index (Phi) is 16.8. The Hall–Kier alpha value is -2.87. The van der Waals surface area contributed by atoms with E-state index < -0.39 is 115 Å². The van der Waals surface area contributed by atoms with Crippen LogP contribution in [-0.4, -0.2) is 158 Å². The van der Waals surface area contributed by atoms with Gasteiger partial charge in [-0.05, 0) is 66.3 Å². The lowest BCUT2D eigenvalue weighted by Crippen LogP contribution is -2.66. The van der Waals surface area contributed by atoms with Crippen molar-refractivity contribution in [2.45, 2.75) is 178 Å². The number of nitrogens with zero attached hydrogens (tertiary/aromatic N) is 1. The van der Waals surface area contributed by atoms with Gasteiger partial charge in [-0.2, -0.15) is 0 Å². The molecule has 4 rings (SSSR count). The van der Waals surface area contributed by atoms with E-state index >= 15 is 0 Å².